The van der Waals surface area contributed by atoms with Crippen LogP contribution in [0.25, 0.3) is 12.2 Å². The molecule has 0 radical (unpaired) electrons. The molecule has 0 heterocycles. The summed E-state index contributed by atoms with van der Waals surface area (Å²) in [6, 6.07) is 9.26. The molecule has 0 spiro atoms. The van der Waals surface area contributed by atoms with Crippen molar-refractivity contribution in [2.24, 2.45) is 0 Å². The Balaban J connectivity index is 2.13. The SMILES string of the molecule is COc1ccc(/C=C/S(=O)(=O)NS(=O)(=O)/C=C/c2ccc(OC)c(N)c2)cc1N. The van der Waals surface area contributed by atoms with E-state index >= 15 is 0 Å². The Kier molecular flexibility index (Phi) is 6.90. The second kappa shape index (κ2) is 8.99. The fourth-order valence-electron chi connectivity index (χ4n) is 2.27. The fourth-order valence-corrected chi connectivity index (χ4v) is 4.68. The van der Waals surface area contributed by atoms with Crippen molar-refractivity contribution in [3.8, 4) is 11.5 Å². The third kappa shape index (κ3) is 6.52. The van der Waals surface area contributed by atoms with Crippen LogP contribution in [0.4, 0.5) is 11.4 Å². The normalized spacial score (nSPS) is 12.5. The number of methoxy groups -OCH3 is 2. The number of sulfonamides is 2. The Morgan fingerprint density at radius 2 is 1.14 bits per heavy atom. The largest absolute Gasteiger partial charge is 0.495 e. The Bertz CT molecular complexity index is 1060. The molecule has 0 atom stereocenters. The summed E-state index contributed by atoms with van der Waals surface area (Å²) in [5.41, 5.74) is 13.0. The summed E-state index contributed by atoms with van der Waals surface area (Å²) in [6.07, 6.45) is 2.42. The smallest absolute Gasteiger partial charge is 0.246 e. The van der Waals surface area contributed by atoms with E-state index in [0.29, 0.717) is 34.0 Å². The van der Waals surface area contributed by atoms with Gasteiger partial charge in [-0.05, 0) is 47.5 Å². The lowest BCUT2D eigenvalue weighted by Gasteiger charge is -2.05. The van der Waals surface area contributed by atoms with Gasteiger partial charge in [-0.2, -0.15) is 0 Å². The van der Waals surface area contributed by atoms with Crippen molar-refractivity contribution in [1.82, 2.24) is 4.13 Å². The predicted octanol–water partition coefficient (Wildman–Crippen LogP) is 1.76. The van der Waals surface area contributed by atoms with E-state index in [4.69, 9.17) is 20.9 Å². The minimum Gasteiger partial charge on any atom is -0.495 e. The van der Waals surface area contributed by atoms with Crippen LogP contribution in [-0.4, -0.2) is 31.1 Å². The zero-order valence-corrected chi connectivity index (χ0v) is 17.3. The van der Waals surface area contributed by atoms with Crippen molar-refractivity contribution in [3.63, 3.8) is 0 Å². The van der Waals surface area contributed by atoms with Crippen molar-refractivity contribution in [2.75, 3.05) is 25.7 Å². The molecule has 0 saturated heterocycles. The van der Waals surface area contributed by atoms with E-state index < -0.39 is 20.0 Å². The highest BCUT2D eigenvalue weighted by Gasteiger charge is 2.15. The number of anilines is 2. The quantitative estimate of drug-likeness (QED) is 0.526. The number of rotatable bonds is 8. The lowest BCUT2D eigenvalue weighted by Crippen LogP contribution is -2.26. The molecule has 156 valence electrons. The molecule has 0 aromatic heterocycles. The average molecular weight is 440 g/mol. The topological polar surface area (TPSA) is 151 Å². The van der Waals surface area contributed by atoms with E-state index in [9.17, 15) is 16.8 Å². The maximum absolute atomic E-state index is 12.1. The van der Waals surface area contributed by atoms with Gasteiger partial charge in [-0.3, -0.25) is 0 Å². The van der Waals surface area contributed by atoms with Gasteiger partial charge in [0.05, 0.1) is 25.6 Å². The van der Waals surface area contributed by atoms with Crippen LogP contribution in [0.15, 0.2) is 47.2 Å². The second-order valence-electron chi connectivity index (χ2n) is 5.78. The highest BCUT2D eigenvalue weighted by atomic mass is 32.3. The fraction of sp³-hybridized carbons (Fsp3) is 0.111. The summed E-state index contributed by atoms with van der Waals surface area (Å²) < 4.78 is 59.9. The number of hydrogen-bond donors (Lipinski definition) is 3. The predicted molar refractivity (Wildman–Crippen MR) is 114 cm³/mol. The first-order valence-electron chi connectivity index (χ1n) is 8.07. The summed E-state index contributed by atoms with van der Waals surface area (Å²) >= 11 is 0. The van der Waals surface area contributed by atoms with E-state index in [1.165, 1.54) is 38.5 Å². The summed E-state index contributed by atoms with van der Waals surface area (Å²) in [4.78, 5) is 0. The molecule has 0 amide bonds. The zero-order chi connectivity index (χ0) is 21.7. The molecule has 0 aliphatic heterocycles. The molecule has 0 bridgehead atoms. The van der Waals surface area contributed by atoms with Crippen LogP contribution < -0.4 is 25.1 Å². The number of nitrogen functional groups attached to an aromatic ring is 2. The summed E-state index contributed by atoms with van der Waals surface area (Å²) in [5.74, 6) is 0.880. The first-order valence-corrected chi connectivity index (χ1v) is 11.2. The molecular weight excluding hydrogens is 418 g/mol. The molecule has 11 heteroatoms. The minimum absolute atomic E-state index is 0.314. The summed E-state index contributed by atoms with van der Waals surface area (Å²) in [7, 11) is -5.65. The van der Waals surface area contributed by atoms with Crippen molar-refractivity contribution in [2.45, 2.75) is 0 Å². The molecule has 2 aromatic rings. The third-order valence-corrected chi connectivity index (χ3v) is 6.47. The molecule has 0 saturated carbocycles. The van der Waals surface area contributed by atoms with Gasteiger partial charge >= 0.3 is 0 Å². The van der Waals surface area contributed by atoms with Crippen LogP contribution in [-0.2, 0) is 20.0 Å². The van der Waals surface area contributed by atoms with E-state index in [0.717, 1.165) is 10.8 Å². The standard InChI is InChI=1S/C18H21N3O6S2/c1-26-17-5-3-13(11-15(17)19)7-9-28(22,23)21-29(24,25)10-8-14-4-6-18(27-2)16(20)12-14/h3-12,21H,19-20H2,1-2H3/b9-7+,10-8+. The maximum atomic E-state index is 12.1. The van der Waals surface area contributed by atoms with Gasteiger partial charge in [0.15, 0.2) is 0 Å². The van der Waals surface area contributed by atoms with Crippen LogP contribution in [0.3, 0.4) is 0 Å². The summed E-state index contributed by atoms with van der Waals surface area (Å²) in [6.45, 7) is 0. The van der Waals surface area contributed by atoms with Crippen LogP contribution in [0.5, 0.6) is 11.5 Å². The second-order valence-corrected chi connectivity index (χ2v) is 9.17. The molecule has 0 fully saturated rings. The van der Waals surface area contributed by atoms with Gasteiger partial charge in [-0.1, -0.05) is 12.1 Å². The number of ether oxygens (including phenoxy) is 2. The maximum Gasteiger partial charge on any atom is 0.246 e. The first-order chi connectivity index (χ1) is 13.5. The molecule has 9 nitrogen and oxygen atoms in total. The van der Waals surface area contributed by atoms with Gasteiger partial charge < -0.3 is 20.9 Å². The summed E-state index contributed by atoms with van der Waals surface area (Å²) in [5, 5.41) is 1.45. The number of hydrogen-bond acceptors (Lipinski definition) is 8. The van der Waals surface area contributed by atoms with Gasteiger partial charge in [-0.25, -0.2) is 16.8 Å². The number of benzene rings is 2. The number of nitrogens with one attached hydrogen (secondary N) is 1. The highest BCUT2D eigenvalue weighted by Crippen LogP contribution is 2.23. The van der Waals surface area contributed by atoms with Crippen molar-refractivity contribution < 1.29 is 26.3 Å². The van der Waals surface area contributed by atoms with Crippen molar-refractivity contribution >= 4 is 43.6 Å². The molecule has 5 N–H and O–H groups in total. The van der Waals surface area contributed by atoms with E-state index in [-0.39, 0.29) is 0 Å². The van der Waals surface area contributed by atoms with Gasteiger partial charge in [0.1, 0.15) is 11.5 Å². The molecule has 0 unspecified atom stereocenters. The molecule has 0 aliphatic carbocycles. The monoisotopic (exact) mass is 439 g/mol. The average Bonchev–Trinajstić information content (AvgIpc) is 2.64. The molecule has 0 aliphatic rings. The van der Waals surface area contributed by atoms with Gasteiger partial charge in [-0.15, -0.1) is 4.13 Å². The zero-order valence-electron chi connectivity index (χ0n) is 15.7. The van der Waals surface area contributed by atoms with E-state index in [1.807, 2.05) is 0 Å². The van der Waals surface area contributed by atoms with Gasteiger partial charge in [0.25, 0.3) is 0 Å². The first kappa shape index (κ1) is 22.3. The number of nitrogens with two attached hydrogens (primary N) is 2. The Labute approximate surface area is 169 Å². The van der Waals surface area contributed by atoms with Crippen LogP contribution in [0.1, 0.15) is 11.1 Å². The van der Waals surface area contributed by atoms with Gasteiger partial charge in [0.2, 0.25) is 20.0 Å². The lowest BCUT2D eigenvalue weighted by atomic mass is 10.2. The van der Waals surface area contributed by atoms with E-state index in [1.54, 1.807) is 28.4 Å². The van der Waals surface area contributed by atoms with Crippen LogP contribution >= 0.6 is 0 Å². The lowest BCUT2D eigenvalue weighted by molar-refractivity contribution is 0.417. The third-order valence-electron chi connectivity index (χ3n) is 3.62. The van der Waals surface area contributed by atoms with Crippen LogP contribution in [0, 0.1) is 0 Å². The Morgan fingerprint density at radius 3 is 1.45 bits per heavy atom. The Hall–Kier alpha value is -3.02. The van der Waals surface area contributed by atoms with Gasteiger partial charge in [0, 0.05) is 10.8 Å². The minimum atomic E-state index is -4.28. The van der Waals surface area contributed by atoms with Crippen LogP contribution in [0.2, 0.25) is 0 Å². The highest BCUT2D eigenvalue weighted by molar-refractivity contribution is 8.07. The van der Waals surface area contributed by atoms with Crippen molar-refractivity contribution in [3.05, 3.63) is 58.3 Å². The molecule has 2 rings (SSSR count). The van der Waals surface area contributed by atoms with E-state index in [2.05, 4.69) is 0 Å². The molecule has 29 heavy (non-hydrogen) atoms. The molecular formula is C18H21N3O6S2. The Morgan fingerprint density at radius 1 is 0.759 bits per heavy atom. The van der Waals surface area contributed by atoms with Crippen molar-refractivity contribution in [1.29, 1.82) is 0 Å². The molecule has 2 aromatic carbocycles.